The Morgan fingerprint density at radius 2 is 1.53 bits per heavy atom. The molecule has 0 radical (unpaired) electrons. The highest BCUT2D eigenvalue weighted by molar-refractivity contribution is 7.47. The van der Waals surface area contributed by atoms with E-state index in [9.17, 15) is 9.36 Å². The van der Waals surface area contributed by atoms with Crippen LogP contribution in [0.3, 0.4) is 0 Å². The number of aryl methyl sites for hydroxylation is 2. The summed E-state index contributed by atoms with van der Waals surface area (Å²) >= 11 is 0. The summed E-state index contributed by atoms with van der Waals surface area (Å²) in [5, 5.41) is 0.364. The number of hydrogen-bond donors (Lipinski definition) is 1. The lowest BCUT2D eigenvalue weighted by atomic mass is 9.95. The highest BCUT2D eigenvalue weighted by atomic mass is 31.1. The van der Waals surface area contributed by atoms with Gasteiger partial charge in [-0.2, -0.15) is 0 Å². The molecule has 2 aromatic carbocycles. The number of carbonyl (C=O) groups is 1. The lowest BCUT2D eigenvalue weighted by Gasteiger charge is -2.08. The van der Waals surface area contributed by atoms with Crippen LogP contribution in [0.4, 0.5) is 0 Å². The van der Waals surface area contributed by atoms with Gasteiger partial charge in [0.2, 0.25) is 8.03 Å². The summed E-state index contributed by atoms with van der Waals surface area (Å²) < 4.78 is 11.0. The van der Waals surface area contributed by atoms with Crippen LogP contribution >= 0.6 is 8.03 Å². The zero-order chi connectivity index (χ0) is 14.0. The number of rotatable bonds is 3. The van der Waals surface area contributed by atoms with E-state index >= 15 is 0 Å². The molecule has 0 saturated heterocycles. The van der Waals surface area contributed by atoms with E-state index in [1.54, 1.807) is 12.1 Å². The van der Waals surface area contributed by atoms with Gasteiger partial charge in [0, 0.05) is 16.4 Å². The van der Waals surface area contributed by atoms with E-state index in [0.29, 0.717) is 16.4 Å². The molecule has 0 heterocycles. The molecule has 98 valence electrons. The highest BCUT2D eigenvalue weighted by Gasteiger charge is 2.14. The van der Waals surface area contributed by atoms with Crippen LogP contribution in [0.1, 0.15) is 27.0 Å². The summed E-state index contributed by atoms with van der Waals surface area (Å²) in [5.74, 6) is -0.0558. The van der Waals surface area contributed by atoms with E-state index in [1.165, 1.54) is 12.1 Å². The predicted octanol–water partition coefficient (Wildman–Crippen LogP) is 2.63. The first kappa shape index (κ1) is 13.7. The molecule has 0 aliphatic heterocycles. The van der Waals surface area contributed by atoms with Crippen LogP contribution in [0.15, 0.2) is 42.5 Å². The van der Waals surface area contributed by atoms with Gasteiger partial charge in [-0.3, -0.25) is 9.36 Å². The quantitative estimate of drug-likeness (QED) is 0.691. The standard InChI is InChI=1S/C15H15O3P/c1-10-4-3-5-11(2)14(10)15(16)12-6-8-13(9-7-12)19(17)18/h3-9,19H,1-2H3,(H,17,18). The van der Waals surface area contributed by atoms with Crippen LogP contribution in [0.5, 0.6) is 0 Å². The average molecular weight is 274 g/mol. The molecule has 2 aromatic rings. The van der Waals surface area contributed by atoms with E-state index in [1.807, 2.05) is 32.0 Å². The second-order valence-corrected chi connectivity index (χ2v) is 5.67. The summed E-state index contributed by atoms with van der Waals surface area (Å²) in [6, 6.07) is 12.0. The first-order valence-corrected chi connectivity index (χ1v) is 7.30. The van der Waals surface area contributed by atoms with Crippen molar-refractivity contribution in [2.24, 2.45) is 0 Å². The monoisotopic (exact) mass is 274 g/mol. The molecule has 0 aliphatic carbocycles. The van der Waals surface area contributed by atoms with Crippen LogP contribution in [-0.4, -0.2) is 10.7 Å². The minimum Gasteiger partial charge on any atom is -0.343 e. The Kier molecular flexibility index (Phi) is 3.98. The Morgan fingerprint density at radius 3 is 2.00 bits per heavy atom. The summed E-state index contributed by atoms with van der Waals surface area (Å²) in [6.45, 7) is 3.81. The summed E-state index contributed by atoms with van der Waals surface area (Å²) in [5.41, 5.74) is 3.10. The van der Waals surface area contributed by atoms with Crippen molar-refractivity contribution in [2.45, 2.75) is 13.8 Å². The molecule has 0 aliphatic rings. The van der Waals surface area contributed by atoms with Crippen molar-refractivity contribution in [1.82, 2.24) is 0 Å². The molecule has 0 saturated carbocycles. The third-order valence-electron chi connectivity index (χ3n) is 3.10. The van der Waals surface area contributed by atoms with Gasteiger partial charge in [0.1, 0.15) is 0 Å². The van der Waals surface area contributed by atoms with Gasteiger partial charge in [-0.15, -0.1) is 0 Å². The van der Waals surface area contributed by atoms with Gasteiger partial charge in [0.05, 0.1) is 0 Å². The van der Waals surface area contributed by atoms with Crippen LogP contribution in [0.2, 0.25) is 0 Å². The minimum atomic E-state index is -2.70. The van der Waals surface area contributed by atoms with Crippen LogP contribution in [0, 0.1) is 13.8 Å². The minimum absolute atomic E-state index is 0.0558. The third kappa shape index (κ3) is 2.83. The average Bonchev–Trinajstić information content (AvgIpc) is 2.38. The van der Waals surface area contributed by atoms with E-state index in [-0.39, 0.29) is 5.78 Å². The molecule has 0 amide bonds. The summed E-state index contributed by atoms with van der Waals surface area (Å²) in [6.07, 6.45) is 0. The van der Waals surface area contributed by atoms with Gasteiger partial charge in [0.15, 0.2) is 5.78 Å². The predicted molar refractivity (Wildman–Crippen MR) is 76.6 cm³/mol. The molecule has 3 nitrogen and oxygen atoms in total. The Morgan fingerprint density at radius 1 is 1.00 bits per heavy atom. The number of carbonyl (C=O) groups excluding carboxylic acids is 1. The van der Waals surface area contributed by atoms with Crippen molar-refractivity contribution in [3.63, 3.8) is 0 Å². The molecule has 4 heteroatoms. The molecular weight excluding hydrogens is 259 g/mol. The molecule has 1 atom stereocenters. The molecule has 19 heavy (non-hydrogen) atoms. The van der Waals surface area contributed by atoms with E-state index in [4.69, 9.17) is 4.89 Å². The molecule has 0 spiro atoms. The molecule has 0 fully saturated rings. The van der Waals surface area contributed by atoms with Crippen LogP contribution in [0.25, 0.3) is 0 Å². The van der Waals surface area contributed by atoms with E-state index < -0.39 is 8.03 Å². The molecule has 0 aromatic heterocycles. The van der Waals surface area contributed by atoms with Gasteiger partial charge in [-0.25, -0.2) is 0 Å². The van der Waals surface area contributed by atoms with Gasteiger partial charge >= 0.3 is 0 Å². The normalized spacial score (nSPS) is 12.2. The number of benzene rings is 2. The smallest absolute Gasteiger partial charge is 0.218 e. The molecular formula is C15H15O3P. The van der Waals surface area contributed by atoms with Crippen molar-refractivity contribution >= 4 is 19.1 Å². The molecule has 0 bridgehead atoms. The third-order valence-corrected chi connectivity index (χ3v) is 3.93. The molecule has 1 N–H and O–H groups in total. The lowest BCUT2D eigenvalue weighted by molar-refractivity contribution is 0.103. The SMILES string of the molecule is Cc1cccc(C)c1C(=O)c1ccc([PH](=O)O)cc1. The first-order valence-electron chi connectivity index (χ1n) is 5.95. The summed E-state index contributed by atoms with van der Waals surface area (Å²) in [7, 11) is -2.70. The van der Waals surface area contributed by atoms with Crippen molar-refractivity contribution in [3.8, 4) is 0 Å². The maximum absolute atomic E-state index is 12.4. The van der Waals surface area contributed by atoms with Gasteiger partial charge in [0.25, 0.3) is 0 Å². The van der Waals surface area contributed by atoms with Crippen LogP contribution in [-0.2, 0) is 4.57 Å². The fourth-order valence-corrected chi connectivity index (χ4v) is 2.53. The van der Waals surface area contributed by atoms with E-state index in [0.717, 1.165) is 11.1 Å². The van der Waals surface area contributed by atoms with Crippen molar-refractivity contribution in [1.29, 1.82) is 0 Å². The second kappa shape index (κ2) is 5.52. The van der Waals surface area contributed by atoms with Crippen molar-refractivity contribution < 1.29 is 14.3 Å². The molecule has 2 rings (SSSR count). The zero-order valence-corrected chi connectivity index (χ0v) is 11.8. The zero-order valence-electron chi connectivity index (χ0n) is 10.8. The number of hydrogen-bond acceptors (Lipinski definition) is 2. The maximum atomic E-state index is 12.4. The van der Waals surface area contributed by atoms with Crippen molar-refractivity contribution in [2.75, 3.05) is 0 Å². The Balaban J connectivity index is 2.42. The van der Waals surface area contributed by atoms with Gasteiger partial charge in [-0.05, 0) is 37.1 Å². The largest absolute Gasteiger partial charge is 0.343 e. The Hall–Kier alpha value is -1.70. The Bertz CT molecular complexity index is 625. The van der Waals surface area contributed by atoms with Gasteiger partial charge in [-0.1, -0.05) is 30.3 Å². The first-order chi connectivity index (χ1) is 9.00. The highest BCUT2D eigenvalue weighted by Crippen LogP contribution is 2.19. The fourth-order valence-electron chi connectivity index (χ4n) is 2.08. The lowest BCUT2D eigenvalue weighted by Crippen LogP contribution is -2.07. The molecule has 1 unspecified atom stereocenters. The summed E-state index contributed by atoms with van der Waals surface area (Å²) in [4.78, 5) is 21.5. The maximum Gasteiger partial charge on any atom is 0.218 e. The number of ketones is 1. The topological polar surface area (TPSA) is 54.4 Å². The van der Waals surface area contributed by atoms with E-state index in [2.05, 4.69) is 0 Å². The van der Waals surface area contributed by atoms with Gasteiger partial charge < -0.3 is 4.89 Å². The Labute approximate surface area is 112 Å². The second-order valence-electron chi connectivity index (χ2n) is 4.48. The van der Waals surface area contributed by atoms with Crippen molar-refractivity contribution in [3.05, 3.63) is 64.7 Å². The van der Waals surface area contributed by atoms with Crippen LogP contribution < -0.4 is 5.30 Å². The fraction of sp³-hybridized carbons (Fsp3) is 0.133.